The molecular formula is C19H21ClF3N3O3. The molecule has 3 N–H and O–H groups in total. The van der Waals surface area contributed by atoms with Gasteiger partial charge in [0, 0.05) is 25.2 Å². The van der Waals surface area contributed by atoms with Crippen LogP contribution in [0.3, 0.4) is 0 Å². The predicted molar refractivity (Wildman–Crippen MR) is 103 cm³/mol. The van der Waals surface area contributed by atoms with Crippen molar-refractivity contribution in [2.45, 2.75) is 18.4 Å². The fraction of sp³-hybridized carbons (Fsp3) is 0.316. The summed E-state index contributed by atoms with van der Waals surface area (Å²) in [6, 6.07) is 13.1. The summed E-state index contributed by atoms with van der Waals surface area (Å²) in [5.74, 6) is 0.114. The summed E-state index contributed by atoms with van der Waals surface area (Å²) in [5, 5.41) is 8.88. The first-order chi connectivity index (χ1) is 13.3. The molecule has 29 heavy (non-hydrogen) atoms. The largest absolute Gasteiger partial charge is 0.573 e. The molecule has 0 aromatic heterocycles. The molecule has 10 heteroatoms. The van der Waals surface area contributed by atoms with Gasteiger partial charge < -0.3 is 25.4 Å². The third kappa shape index (κ3) is 5.68. The van der Waals surface area contributed by atoms with E-state index < -0.39 is 11.9 Å². The van der Waals surface area contributed by atoms with Crippen molar-refractivity contribution in [1.29, 1.82) is 0 Å². The number of carbonyl (C=O) groups excluding carboxylic acids is 1. The van der Waals surface area contributed by atoms with Crippen LogP contribution in [0.1, 0.15) is 11.1 Å². The molecule has 2 amide bonds. The van der Waals surface area contributed by atoms with Gasteiger partial charge in [0.05, 0.1) is 12.6 Å². The molecule has 1 heterocycles. The smallest absolute Gasteiger partial charge is 0.496 e. The maximum Gasteiger partial charge on any atom is 0.573 e. The van der Waals surface area contributed by atoms with Crippen LogP contribution in [0.2, 0.25) is 0 Å². The molecule has 1 aliphatic rings. The van der Waals surface area contributed by atoms with Gasteiger partial charge in [-0.1, -0.05) is 30.3 Å². The highest BCUT2D eigenvalue weighted by Crippen LogP contribution is 2.29. The molecule has 1 fully saturated rings. The number of nitrogens with one attached hydrogen (secondary N) is 3. The number of benzene rings is 2. The van der Waals surface area contributed by atoms with E-state index in [1.54, 1.807) is 0 Å². The molecule has 2 aromatic carbocycles. The van der Waals surface area contributed by atoms with Crippen molar-refractivity contribution >= 4 is 18.4 Å². The number of amides is 2. The molecular weight excluding hydrogens is 411 g/mol. The topological polar surface area (TPSA) is 71.6 Å². The molecule has 2 aromatic rings. The van der Waals surface area contributed by atoms with E-state index in [4.69, 9.17) is 4.74 Å². The average Bonchev–Trinajstić information content (AvgIpc) is 3.03. The molecule has 0 bridgehead atoms. The Morgan fingerprint density at radius 2 is 1.90 bits per heavy atom. The third-order valence-corrected chi connectivity index (χ3v) is 4.46. The van der Waals surface area contributed by atoms with Crippen molar-refractivity contribution in [1.82, 2.24) is 16.0 Å². The number of ether oxygens (including phenoxy) is 2. The lowest BCUT2D eigenvalue weighted by atomic mass is 9.90. The maximum absolute atomic E-state index is 12.5. The predicted octanol–water partition coefficient (Wildman–Crippen LogP) is 3.31. The average molecular weight is 432 g/mol. The number of carbonyl (C=O) groups is 1. The quantitative estimate of drug-likeness (QED) is 0.629. The van der Waals surface area contributed by atoms with Gasteiger partial charge in [-0.25, -0.2) is 4.79 Å². The first-order valence-electron chi connectivity index (χ1n) is 8.56. The van der Waals surface area contributed by atoms with Gasteiger partial charge >= 0.3 is 12.4 Å². The first kappa shape index (κ1) is 22.6. The Labute approximate surface area is 172 Å². The lowest BCUT2D eigenvalue weighted by Crippen LogP contribution is -2.48. The van der Waals surface area contributed by atoms with Gasteiger partial charge in [-0.3, -0.25) is 0 Å². The molecule has 6 nitrogen and oxygen atoms in total. The van der Waals surface area contributed by atoms with Crippen molar-refractivity contribution in [3.63, 3.8) is 0 Å². The second-order valence-electron chi connectivity index (χ2n) is 6.38. The normalized spacial score (nSPS) is 18.4. The SMILES string of the molecule is COc1ccc(OC(F)(F)F)cc1CNCC1(c2ccccc2)CNC(=O)N1.Cl. The summed E-state index contributed by atoms with van der Waals surface area (Å²) in [7, 11) is 1.44. The number of urea groups is 1. The number of hydrogen-bond donors (Lipinski definition) is 3. The van der Waals surface area contributed by atoms with Gasteiger partial charge in [0.15, 0.2) is 0 Å². The molecule has 0 saturated carbocycles. The molecule has 158 valence electrons. The van der Waals surface area contributed by atoms with Gasteiger partial charge in [0.1, 0.15) is 11.5 Å². The van der Waals surface area contributed by atoms with Crippen LogP contribution in [0.25, 0.3) is 0 Å². The summed E-state index contributed by atoms with van der Waals surface area (Å²) in [5.41, 5.74) is 0.762. The van der Waals surface area contributed by atoms with Crippen molar-refractivity contribution < 1.29 is 27.4 Å². The summed E-state index contributed by atoms with van der Waals surface area (Å²) >= 11 is 0. The lowest BCUT2D eigenvalue weighted by Gasteiger charge is -2.29. The zero-order valence-corrected chi connectivity index (χ0v) is 16.3. The van der Waals surface area contributed by atoms with Crippen molar-refractivity contribution in [3.05, 3.63) is 59.7 Å². The second-order valence-corrected chi connectivity index (χ2v) is 6.38. The maximum atomic E-state index is 12.5. The Morgan fingerprint density at radius 1 is 1.17 bits per heavy atom. The van der Waals surface area contributed by atoms with E-state index in [0.717, 1.165) is 5.56 Å². The number of methoxy groups -OCH3 is 1. The summed E-state index contributed by atoms with van der Waals surface area (Å²) < 4.78 is 46.6. The van der Waals surface area contributed by atoms with Gasteiger partial charge in [0.25, 0.3) is 0 Å². The molecule has 1 saturated heterocycles. The van der Waals surface area contributed by atoms with Crippen LogP contribution in [0.4, 0.5) is 18.0 Å². The van der Waals surface area contributed by atoms with Crippen LogP contribution in [-0.4, -0.2) is 32.6 Å². The Morgan fingerprint density at radius 3 is 2.48 bits per heavy atom. The zero-order valence-electron chi connectivity index (χ0n) is 15.5. The third-order valence-electron chi connectivity index (χ3n) is 4.46. The lowest BCUT2D eigenvalue weighted by molar-refractivity contribution is -0.274. The van der Waals surface area contributed by atoms with E-state index in [-0.39, 0.29) is 30.7 Å². The van der Waals surface area contributed by atoms with Gasteiger partial charge in [-0.15, -0.1) is 25.6 Å². The highest BCUT2D eigenvalue weighted by molar-refractivity contribution is 5.85. The molecule has 0 aliphatic carbocycles. The van der Waals surface area contributed by atoms with E-state index in [0.29, 0.717) is 24.4 Å². The molecule has 0 radical (unpaired) electrons. The number of halogens is 4. The minimum Gasteiger partial charge on any atom is -0.496 e. The van der Waals surface area contributed by atoms with Crippen LogP contribution >= 0.6 is 12.4 Å². The van der Waals surface area contributed by atoms with Crippen LogP contribution < -0.4 is 25.4 Å². The van der Waals surface area contributed by atoms with E-state index in [9.17, 15) is 18.0 Å². The molecule has 3 rings (SSSR count). The summed E-state index contributed by atoms with van der Waals surface area (Å²) in [6.45, 7) is 0.975. The van der Waals surface area contributed by atoms with Gasteiger partial charge in [-0.2, -0.15) is 0 Å². The zero-order chi connectivity index (χ0) is 20.2. The van der Waals surface area contributed by atoms with E-state index in [2.05, 4.69) is 20.7 Å². The molecule has 1 atom stereocenters. The van der Waals surface area contributed by atoms with E-state index >= 15 is 0 Å². The number of alkyl halides is 3. The highest BCUT2D eigenvalue weighted by Gasteiger charge is 2.39. The van der Waals surface area contributed by atoms with E-state index in [1.807, 2.05) is 30.3 Å². The van der Waals surface area contributed by atoms with Gasteiger partial charge in [0.2, 0.25) is 0 Å². The summed E-state index contributed by atoms with van der Waals surface area (Å²) in [6.07, 6.45) is -4.77. The van der Waals surface area contributed by atoms with Gasteiger partial charge in [-0.05, 0) is 23.8 Å². The van der Waals surface area contributed by atoms with Crippen LogP contribution in [0.15, 0.2) is 48.5 Å². The molecule has 1 unspecified atom stereocenters. The second kappa shape index (κ2) is 9.23. The van der Waals surface area contributed by atoms with Crippen molar-refractivity contribution in [3.8, 4) is 11.5 Å². The minimum atomic E-state index is -4.77. The summed E-state index contributed by atoms with van der Waals surface area (Å²) in [4.78, 5) is 11.8. The Bertz CT molecular complexity index is 836. The van der Waals surface area contributed by atoms with E-state index in [1.165, 1.54) is 25.3 Å². The van der Waals surface area contributed by atoms with Crippen LogP contribution in [0, 0.1) is 0 Å². The standard InChI is InChI=1S/C19H20F3N3O3.ClH/c1-27-16-8-7-15(28-19(20,21)22)9-13(16)10-23-11-18(12-24-17(26)25-18)14-5-3-2-4-6-14;/h2-9,23H,10-12H2,1H3,(H2,24,25,26);1H. The van der Waals surface area contributed by atoms with Crippen LogP contribution in [0.5, 0.6) is 11.5 Å². The highest BCUT2D eigenvalue weighted by atomic mass is 35.5. The van der Waals surface area contributed by atoms with Crippen LogP contribution in [-0.2, 0) is 12.1 Å². The monoisotopic (exact) mass is 431 g/mol. The first-order valence-corrected chi connectivity index (χ1v) is 8.56. The minimum absolute atomic E-state index is 0. The Kier molecular flexibility index (Phi) is 7.21. The van der Waals surface area contributed by atoms with Crippen molar-refractivity contribution in [2.75, 3.05) is 20.2 Å². The van der Waals surface area contributed by atoms with Crippen molar-refractivity contribution in [2.24, 2.45) is 0 Å². The Balaban J connectivity index is 0.00000300. The number of rotatable bonds is 7. The molecule has 0 spiro atoms. The number of hydrogen-bond acceptors (Lipinski definition) is 4. The fourth-order valence-electron chi connectivity index (χ4n) is 3.18. The Hall–Kier alpha value is -2.65. The fourth-order valence-corrected chi connectivity index (χ4v) is 3.18. The molecule has 1 aliphatic heterocycles.